The molecule has 7 heteroatoms. The summed E-state index contributed by atoms with van der Waals surface area (Å²) in [5, 5.41) is 3.03. The van der Waals surface area contributed by atoms with Gasteiger partial charge in [-0.15, -0.1) is 0 Å². The Kier molecular flexibility index (Phi) is 7.27. The number of carbonyl (C=O) groups is 2. The number of methoxy groups -OCH3 is 2. The van der Waals surface area contributed by atoms with E-state index in [4.69, 9.17) is 9.47 Å². The summed E-state index contributed by atoms with van der Waals surface area (Å²) in [6, 6.07) is 10.9. The fourth-order valence-corrected chi connectivity index (χ4v) is 4.02. The Morgan fingerprint density at radius 3 is 2.73 bits per heavy atom. The van der Waals surface area contributed by atoms with E-state index < -0.39 is 0 Å². The van der Waals surface area contributed by atoms with Crippen LogP contribution < -0.4 is 14.8 Å². The number of aromatic nitrogens is 1. The maximum Gasteiger partial charge on any atom is 0.227 e. The average molecular weight is 412 g/mol. The summed E-state index contributed by atoms with van der Waals surface area (Å²) < 4.78 is 10.7. The third-order valence-corrected chi connectivity index (χ3v) is 5.48. The highest BCUT2D eigenvalue weighted by molar-refractivity contribution is 5.80. The third-order valence-electron chi connectivity index (χ3n) is 5.48. The van der Waals surface area contributed by atoms with Gasteiger partial charge < -0.3 is 19.7 Å². The zero-order valence-electron chi connectivity index (χ0n) is 17.8. The second-order valence-electron chi connectivity index (χ2n) is 7.53. The molecule has 3 rings (SSSR count). The molecular weight excluding hydrogens is 382 g/mol. The van der Waals surface area contributed by atoms with Crippen molar-refractivity contribution in [3.63, 3.8) is 0 Å². The molecule has 1 aromatic carbocycles. The van der Waals surface area contributed by atoms with E-state index in [-0.39, 0.29) is 30.2 Å². The number of ether oxygens (including phenoxy) is 2. The van der Waals surface area contributed by atoms with E-state index in [2.05, 4.69) is 10.3 Å². The maximum absolute atomic E-state index is 13.1. The van der Waals surface area contributed by atoms with Gasteiger partial charge in [0.2, 0.25) is 11.8 Å². The minimum Gasteiger partial charge on any atom is -0.497 e. The minimum absolute atomic E-state index is 0.0360. The van der Waals surface area contributed by atoms with E-state index >= 15 is 0 Å². The Hall–Kier alpha value is -3.09. The number of amides is 2. The van der Waals surface area contributed by atoms with E-state index in [0.29, 0.717) is 24.6 Å². The average Bonchev–Trinajstić information content (AvgIpc) is 2.78. The molecule has 1 N–H and O–H groups in total. The van der Waals surface area contributed by atoms with Gasteiger partial charge in [-0.25, -0.2) is 0 Å². The van der Waals surface area contributed by atoms with Gasteiger partial charge >= 0.3 is 0 Å². The lowest BCUT2D eigenvalue weighted by molar-refractivity contribution is -0.132. The van der Waals surface area contributed by atoms with Crippen LogP contribution in [-0.2, 0) is 16.0 Å². The summed E-state index contributed by atoms with van der Waals surface area (Å²) in [4.78, 5) is 31.2. The Balaban J connectivity index is 1.75. The Morgan fingerprint density at radius 1 is 1.23 bits per heavy atom. The second kappa shape index (κ2) is 10.1. The highest BCUT2D eigenvalue weighted by atomic mass is 16.5. The fraction of sp³-hybridized carbons (Fsp3) is 0.435. The molecule has 1 aliphatic heterocycles. The lowest BCUT2D eigenvalue weighted by atomic mass is 9.88. The number of rotatable bonds is 7. The van der Waals surface area contributed by atoms with Gasteiger partial charge in [0.05, 0.1) is 32.4 Å². The van der Waals surface area contributed by atoms with Crippen molar-refractivity contribution in [1.29, 1.82) is 0 Å². The van der Waals surface area contributed by atoms with E-state index in [9.17, 15) is 9.59 Å². The molecule has 1 aromatic heterocycles. The molecule has 1 aliphatic rings. The highest BCUT2D eigenvalue weighted by Crippen LogP contribution is 2.30. The molecule has 2 unspecified atom stereocenters. The molecular formula is C23H29N3O4. The van der Waals surface area contributed by atoms with Gasteiger partial charge in [-0.1, -0.05) is 6.07 Å². The molecule has 0 spiro atoms. The van der Waals surface area contributed by atoms with Crippen molar-refractivity contribution in [2.45, 2.75) is 32.2 Å². The van der Waals surface area contributed by atoms with Crippen molar-refractivity contribution in [2.75, 3.05) is 27.3 Å². The first-order valence-corrected chi connectivity index (χ1v) is 10.2. The largest absolute Gasteiger partial charge is 0.497 e. The summed E-state index contributed by atoms with van der Waals surface area (Å²) in [7, 11) is 3.19. The molecule has 7 nitrogen and oxygen atoms in total. The molecule has 2 amide bonds. The van der Waals surface area contributed by atoms with Crippen LogP contribution >= 0.6 is 0 Å². The lowest BCUT2D eigenvalue weighted by Crippen LogP contribution is -2.45. The van der Waals surface area contributed by atoms with Gasteiger partial charge in [-0.2, -0.15) is 0 Å². The van der Waals surface area contributed by atoms with Crippen molar-refractivity contribution in [2.24, 2.45) is 5.92 Å². The normalized spacial score (nSPS) is 17.2. The molecule has 0 aliphatic carbocycles. The lowest BCUT2D eigenvalue weighted by Gasteiger charge is -2.37. The Labute approximate surface area is 177 Å². The number of benzene rings is 1. The SMILES string of the molecule is COc1ccc(OC)c(CC(=O)N2CCCC(C(NC(C)=O)c3ccccn3)C2)c1. The molecule has 0 saturated carbocycles. The molecule has 0 radical (unpaired) electrons. The number of nitrogens with one attached hydrogen (secondary N) is 1. The second-order valence-corrected chi connectivity index (χ2v) is 7.53. The predicted molar refractivity (Wildman–Crippen MR) is 113 cm³/mol. The van der Waals surface area contributed by atoms with E-state index in [1.54, 1.807) is 20.4 Å². The fourth-order valence-electron chi connectivity index (χ4n) is 4.02. The summed E-state index contributed by atoms with van der Waals surface area (Å²) >= 11 is 0. The van der Waals surface area contributed by atoms with Gasteiger partial charge in [0.1, 0.15) is 11.5 Å². The first-order valence-electron chi connectivity index (χ1n) is 10.2. The zero-order chi connectivity index (χ0) is 21.5. The van der Waals surface area contributed by atoms with E-state index in [0.717, 1.165) is 24.1 Å². The van der Waals surface area contributed by atoms with Crippen molar-refractivity contribution in [1.82, 2.24) is 15.2 Å². The number of piperidine rings is 1. The standard InChI is InChI=1S/C23H29N3O4/c1-16(27)25-23(20-8-4-5-11-24-20)17-7-6-12-26(15-17)22(28)14-18-13-19(29-2)9-10-21(18)30-3/h4-5,8-11,13,17,23H,6-7,12,14-15H2,1-3H3,(H,25,27). The van der Waals surface area contributed by atoms with E-state index in [1.807, 2.05) is 41.3 Å². The molecule has 1 fully saturated rings. The Bertz CT molecular complexity index is 872. The minimum atomic E-state index is -0.217. The number of pyridine rings is 1. The number of hydrogen-bond acceptors (Lipinski definition) is 5. The van der Waals surface area contributed by atoms with Gasteiger partial charge in [0.15, 0.2) is 0 Å². The van der Waals surface area contributed by atoms with Crippen LogP contribution in [0.2, 0.25) is 0 Å². The summed E-state index contributed by atoms with van der Waals surface area (Å²) in [6.45, 7) is 2.79. The Morgan fingerprint density at radius 2 is 2.07 bits per heavy atom. The smallest absolute Gasteiger partial charge is 0.227 e. The predicted octanol–water partition coefficient (Wildman–Crippen LogP) is 2.76. The number of carbonyl (C=O) groups excluding carboxylic acids is 2. The van der Waals surface area contributed by atoms with Crippen LogP contribution in [0, 0.1) is 5.92 Å². The third kappa shape index (κ3) is 5.28. The first kappa shape index (κ1) is 21.6. The van der Waals surface area contributed by atoms with Gasteiger partial charge in [0.25, 0.3) is 0 Å². The van der Waals surface area contributed by atoms with Gasteiger partial charge in [-0.05, 0) is 43.2 Å². The molecule has 2 heterocycles. The van der Waals surface area contributed by atoms with Crippen LogP contribution in [0.4, 0.5) is 0 Å². The topological polar surface area (TPSA) is 80.8 Å². The monoisotopic (exact) mass is 411 g/mol. The quantitative estimate of drug-likeness (QED) is 0.758. The summed E-state index contributed by atoms with van der Waals surface area (Å²) in [6.07, 6.45) is 3.77. The van der Waals surface area contributed by atoms with Gasteiger partial charge in [0, 0.05) is 37.7 Å². The van der Waals surface area contributed by atoms with Crippen molar-refractivity contribution < 1.29 is 19.1 Å². The molecule has 30 heavy (non-hydrogen) atoms. The van der Waals surface area contributed by atoms with Crippen LogP contribution in [0.5, 0.6) is 11.5 Å². The molecule has 2 aromatic rings. The van der Waals surface area contributed by atoms with Crippen LogP contribution in [0.15, 0.2) is 42.6 Å². The number of likely N-dealkylation sites (tertiary alicyclic amines) is 1. The van der Waals surface area contributed by atoms with Crippen molar-refractivity contribution in [3.05, 3.63) is 53.9 Å². The molecule has 2 atom stereocenters. The van der Waals surface area contributed by atoms with Crippen LogP contribution in [0.25, 0.3) is 0 Å². The summed E-state index contributed by atoms with van der Waals surface area (Å²) in [5.74, 6) is 1.40. The van der Waals surface area contributed by atoms with Crippen molar-refractivity contribution in [3.8, 4) is 11.5 Å². The van der Waals surface area contributed by atoms with E-state index in [1.165, 1.54) is 6.92 Å². The van der Waals surface area contributed by atoms with Crippen LogP contribution in [0.3, 0.4) is 0 Å². The molecule has 160 valence electrons. The number of nitrogens with zero attached hydrogens (tertiary/aromatic N) is 2. The van der Waals surface area contributed by atoms with Crippen LogP contribution in [0.1, 0.15) is 37.1 Å². The summed E-state index contributed by atoms with van der Waals surface area (Å²) in [5.41, 5.74) is 1.62. The molecule has 1 saturated heterocycles. The van der Waals surface area contributed by atoms with Crippen LogP contribution in [-0.4, -0.2) is 49.0 Å². The maximum atomic E-state index is 13.1. The zero-order valence-corrected chi connectivity index (χ0v) is 17.8. The van der Waals surface area contributed by atoms with Gasteiger partial charge in [-0.3, -0.25) is 14.6 Å². The van der Waals surface area contributed by atoms with Crippen molar-refractivity contribution >= 4 is 11.8 Å². The molecule has 0 bridgehead atoms. The highest BCUT2D eigenvalue weighted by Gasteiger charge is 2.31. The first-order chi connectivity index (χ1) is 14.5. The number of hydrogen-bond donors (Lipinski definition) is 1.